The molecule has 0 saturated carbocycles. The Labute approximate surface area is 56.3 Å². The fraction of sp³-hybridized carbons (Fsp3) is 1.00. The summed E-state index contributed by atoms with van der Waals surface area (Å²) in [4.78, 5) is 0. The van der Waals surface area contributed by atoms with E-state index in [9.17, 15) is 0 Å². The van der Waals surface area contributed by atoms with Gasteiger partial charge < -0.3 is 0 Å². The Balaban J connectivity index is 0. The van der Waals surface area contributed by atoms with E-state index in [1.165, 1.54) is 0 Å². The van der Waals surface area contributed by atoms with Crippen LogP contribution in [0.15, 0.2) is 0 Å². The molecular weight excluding hydrogens is 259 g/mol. The van der Waals surface area contributed by atoms with Crippen LogP contribution in [0.25, 0.3) is 0 Å². The largest absolute Gasteiger partial charge is 0.107 e. The molecule has 0 heterocycles. The number of rotatable bonds is 0. The first-order valence-corrected chi connectivity index (χ1v) is 1.97. The Hall–Kier alpha value is 1.47. The molecular formula is C2H6AgI. The van der Waals surface area contributed by atoms with Gasteiger partial charge in [0.2, 0.25) is 0 Å². The third kappa shape index (κ3) is 9.80. The van der Waals surface area contributed by atoms with Crippen molar-refractivity contribution in [2.24, 2.45) is 0 Å². The van der Waals surface area contributed by atoms with Crippen molar-refractivity contribution in [3.63, 3.8) is 0 Å². The van der Waals surface area contributed by atoms with Gasteiger partial charge in [0.05, 0.1) is 0 Å². The molecule has 0 atom stereocenters. The first-order chi connectivity index (χ1) is 1.41. The van der Waals surface area contributed by atoms with Gasteiger partial charge in [-0.05, 0) is 0 Å². The third-order valence-corrected chi connectivity index (χ3v) is 0. The number of hydrogen-bond acceptors (Lipinski definition) is 0. The van der Waals surface area contributed by atoms with Crippen LogP contribution in [0.5, 0.6) is 0 Å². The smallest absolute Gasteiger partial charge is 0.107 e. The van der Waals surface area contributed by atoms with E-state index in [0.29, 0.717) is 0 Å². The molecule has 0 nitrogen and oxygen atoms in total. The number of halogens is 1. The van der Waals surface area contributed by atoms with E-state index < -0.39 is 0 Å². The minimum atomic E-state index is 0. The summed E-state index contributed by atoms with van der Waals surface area (Å²) in [7, 11) is 0. The van der Waals surface area contributed by atoms with Crippen molar-refractivity contribution in [2.75, 3.05) is 0 Å². The molecule has 0 aliphatic carbocycles. The second-order valence-electron chi connectivity index (χ2n) is 0.213. The molecule has 0 saturated heterocycles. The second-order valence-corrected chi connectivity index (χ2v) is 1.26. The van der Waals surface area contributed by atoms with E-state index in [4.69, 9.17) is 0 Å². The summed E-state index contributed by atoms with van der Waals surface area (Å²) in [6, 6.07) is 0. The quantitative estimate of drug-likeness (QED) is 0.461. The SMILES string of the molecule is C[CH2][Ag].I. The van der Waals surface area contributed by atoms with E-state index in [1.54, 1.807) is 0 Å². The zero-order valence-electron chi connectivity index (χ0n) is 2.42. The van der Waals surface area contributed by atoms with Crippen molar-refractivity contribution in [3.05, 3.63) is 0 Å². The Morgan fingerprint density at radius 3 is 1.75 bits per heavy atom. The summed E-state index contributed by atoms with van der Waals surface area (Å²) < 4.78 is 1.06. The molecule has 0 fully saturated rings. The topological polar surface area (TPSA) is 0 Å². The monoisotopic (exact) mass is 264 g/mol. The van der Waals surface area contributed by atoms with Crippen molar-refractivity contribution in [3.8, 4) is 0 Å². The molecule has 0 radical (unpaired) electrons. The molecule has 0 aromatic heterocycles. The van der Waals surface area contributed by atoms with E-state index in [2.05, 4.69) is 21.1 Å². The summed E-state index contributed by atoms with van der Waals surface area (Å²) in [6.07, 6.45) is 0. The van der Waals surface area contributed by atoms with E-state index in [-0.39, 0.29) is 24.0 Å². The average molecular weight is 265 g/mol. The van der Waals surface area contributed by atoms with Gasteiger partial charge >= 0.3 is 32.6 Å². The van der Waals surface area contributed by atoms with Gasteiger partial charge in [0.15, 0.2) is 0 Å². The molecule has 32 valence electrons. The van der Waals surface area contributed by atoms with Gasteiger partial charge in [0.25, 0.3) is 0 Å². The van der Waals surface area contributed by atoms with Gasteiger partial charge in [-0.2, -0.15) is 0 Å². The Bertz CT molecular complexity index is 6.00. The molecule has 4 heavy (non-hydrogen) atoms. The molecule has 0 rings (SSSR count). The molecule has 0 unspecified atom stereocenters. The Morgan fingerprint density at radius 1 is 1.75 bits per heavy atom. The van der Waals surface area contributed by atoms with Gasteiger partial charge in [-0.3, -0.25) is 0 Å². The third-order valence-electron chi connectivity index (χ3n) is 0. The zero-order chi connectivity index (χ0) is 2.71. The Kier molecular flexibility index (Phi) is 20.0. The molecule has 0 aromatic carbocycles. The van der Waals surface area contributed by atoms with E-state index in [1.807, 2.05) is 6.92 Å². The molecule has 0 aromatic rings. The summed E-state index contributed by atoms with van der Waals surface area (Å²) in [5, 5.41) is 0. The van der Waals surface area contributed by atoms with Gasteiger partial charge in [-0.1, -0.05) is 0 Å². The molecule has 2 heteroatoms. The van der Waals surface area contributed by atoms with Crippen LogP contribution in [-0.4, -0.2) is 0 Å². The van der Waals surface area contributed by atoms with Crippen LogP contribution in [0, 0.1) is 0 Å². The van der Waals surface area contributed by atoms with Crippen LogP contribution in [0.4, 0.5) is 0 Å². The summed E-state index contributed by atoms with van der Waals surface area (Å²) in [5.41, 5.74) is 0. The maximum Gasteiger partial charge on any atom is -0.107 e. The summed E-state index contributed by atoms with van der Waals surface area (Å²) in [5.74, 6) is 0. The molecule has 0 N–H and O–H groups in total. The van der Waals surface area contributed by atoms with Gasteiger partial charge in [0, 0.05) is 0 Å². The van der Waals surface area contributed by atoms with Crippen molar-refractivity contribution in [1.82, 2.24) is 0 Å². The van der Waals surface area contributed by atoms with Crippen molar-refractivity contribution < 1.29 is 21.1 Å². The molecule has 0 bridgehead atoms. The zero-order valence-corrected chi connectivity index (χ0v) is 6.23. The van der Waals surface area contributed by atoms with E-state index >= 15 is 0 Å². The van der Waals surface area contributed by atoms with Crippen LogP contribution in [0.3, 0.4) is 0 Å². The molecule has 0 aliphatic rings. The fourth-order valence-electron chi connectivity index (χ4n) is 0. The molecule has 0 spiro atoms. The standard InChI is InChI=1S/C2H5.Ag.HI/c1-2;;/h1H2,2H3;;1H. The molecule has 0 aliphatic heterocycles. The first kappa shape index (κ1) is 9.08. The maximum absolute atomic E-state index is 3.16. The summed E-state index contributed by atoms with van der Waals surface area (Å²) >= 11 is 3.16. The second kappa shape index (κ2) is 8.82. The Morgan fingerprint density at radius 2 is 1.75 bits per heavy atom. The average Bonchev–Trinajstić information content (AvgIpc) is 0.918. The minimum absolute atomic E-state index is 0. The van der Waals surface area contributed by atoms with Crippen LogP contribution in [0.2, 0.25) is 4.64 Å². The van der Waals surface area contributed by atoms with Crippen molar-refractivity contribution >= 4 is 24.0 Å². The maximum atomic E-state index is 3.16. The van der Waals surface area contributed by atoms with Gasteiger partial charge in [0.1, 0.15) is 0 Å². The predicted molar refractivity (Wildman–Crippen MR) is 25.9 cm³/mol. The first-order valence-electron chi connectivity index (χ1n) is 0.920. The molecule has 0 amide bonds. The van der Waals surface area contributed by atoms with Crippen LogP contribution in [0.1, 0.15) is 6.92 Å². The van der Waals surface area contributed by atoms with E-state index in [0.717, 1.165) is 4.64 Å². The van der Waals surface area contributed by atoms with Crippen LogP contribution in [-0.2, 0) is 21.1 Å². The normalized spacial score (nSPS) is 4.75. The van der Waals surface area contributed by atoms with Crippen molar-refractivity contribution in [1.29, 1.82) is 0 Å². The van der Waals surface area contributed by atoms with Crippen LogP contribution < -0.4 is 0 Å². The summed E-state index contributed by atoms with van der Waals surface area (Å²) in [6.45, 7) is 2.04. The number of hydrogen-bond donors (Lipinski definition) is 0. The van der Waals surface area contributed by atoms with Crippen LogP contribution >= 0.6 is 24.0 Å². The predicted octanol–water partition coefficient (Wildman–Crippen LogP) is 1.59. The van der Waals surface area contributed by atoms with Crippen molar-refractivity contribution in [2.45, 2.75) is 11.6 Å². The minimum Gasteiger partial charge on any atom is -0.107 e. The fourth-order valence-corrected chi connectivity index (χ4v) is 0. The van der Waals surface area contributed by atoms with Gasteiger partial charge in [-0.25, -0.2) is 0 Å². The van der Waals surface area contributed by atoms with Gasteiger partial charge in [-0.15, -0.1) is 24.0 Å².